The van der Waals surface area contributed by atoms with Crippen LogP contribution in [0.2, 0.25) is 0 Å². The lowest BCUT2D eigenvalue weighted by Crippen LogP contribution is -2.62. The molecule has 0 atom stereocenters. The largest absolute Gasteiger partial charge is 0.458 e. The molecule has 4 aliphatic heterocycles. The second kappa shape index (κ2) is 13.5. The summed E-state index contributed by atoms with van der Waals surface area (Å²) in [5.41, 5.74) is 32.4. The fraction of sp³-hybridized carbons (Fsp3) is 0.156. The Hall–Kier alpha value is -7.69. The first-order valence-corrected chi connectivity index (χ1v) is 24.9. The lowest BCUT2D eigenvalue weighted by atomic mass is 9.31. The first kappa shape index (κ1) is 40.2. The molecular formula is C64H50B2N2O2. The van der Waals surface area contributed by atoms with E-state index in [0.717, 1.165) is 23.0 Å². The first-order valence-electron chi connectivity index (χ1n) is 24.9. The fourth-order valence-electron chi connectivity index (χ4n) is 14.1. The molecule has 0 spiro atoms. The smallest absolute Gasteiger partial charge is 0.256 e. The zero-order valence-electron chi connectivity index (χ0n) is 41.4. The van der Waals surface area contributed by atoms with Gasteiger partial charge in [-0.05, 0) is 207 Å². The Morgan fingerprint density at radius 3 is 1.13 bits per heavy atom. The number of benzene rings is 9. The molecule has 0 unspecified atom stereocenters. The van der Waals surface area contributed by atoms with Crippen LogP contribution in [0.4, 0.5) is 0 Å². The molecule has 6 heterocycles. The van der Waals surface area contributed by atoms with Crippen LogP contribution < -0.4 is 42.3 Å². The van der Waals surface area contributed by atoms with Gasteiger partial charge in [0.25, 0.3) is 13.4 Å². The second-order valence-electron chi connectivity index (χ2n) is 21.6. The molecule has 334 valence electrons. The maximum atomic E-state index is 7.42. The van der Waals surface area contributed by atoms with Crippen LogP contribution in [0.25, 0.3) is 77.2 Å². The molecule has 0 saturated heterocycles. The molecule has 70 heavy (non-hydrogen) atoms. The Morgan fingerprint density at radius 2 is 0.714 bits per heavy atom. The Kier molecular flexibility index (Phi) is 7.78. The van der Waals surface area contributed by atoms with Gasteiger partial charge in [-0.2, -0.15) is 0 Å². The predicted molar refractivity (Wildman–Crippen MR) is 296 cm³/mol. The highest BCUT2D eigenvalue weighted by molar-refractivity contribution is 7.02. The van der Waals surface area contributed by atoms with Crippen LogP contribution in [0.1, 0.15) is 55.6 Å². The van der Waals surface area contributed by atoms with Crippen LogP contribution in [0.5, 0.6) is 23.0 Å². The van der Waals surface area contributed by atoms with E-state index in [0.29, 0.717) is 0 Å². The van der Waals surface area contributed by atoms with E-state index in [1.807, 2.05) is 0 Å². The Bertz CT molecular complexity index is 4000. The van der Waals surface area contributed by atoms with E-state index in [9.17, 15) is 0 Å². The number of hydrogen-bond donors (Lipinski definition) is 0. The third-order valence-electron chi connectivity index (χ3n) is 16.4. The molecule has 6 heteroatoms. The van der Waals surface area contributed by atoms with Crippen LogP contribution in [-0.4, -0.2) is 22.6 Å². The number of aromatic nitrogens is 2. The zero-order valence-corrected chi connectivity index (χ0v) is 41.4. The van der Waals surface area contributed by atoms with Crippen LogP contribution in [0.3, 0.4) is 0 Å². The van der Waals surface area contributed by atoms with Crippen molar-refractivity contribution in [3.63, 3.8) is 0 Å². The van der Waals surface area contributed by atoms with Gasteiger partial charge in [-0.15, -0.1) is 0 Å². The van der Waals surface area contributed by atoms with Gasteiger partial charge in [0.1, 0.15) is 23.0 Å². The van der Waals surface area contributed by atoms with E-state index >= 15 is 0 Å². The van der Waals surface area contributed by atoms with Crippen LogP contribution in [0, 0.1) is 69.2 Å². The van der Waals surface area contributed by atoms with E-state index < -0.39 is 0 Å². The standard InChI is InChI=1S/C64H50B2N2O2/c1-31-11-13-51-43(19-31)45-21-35(5)23-49-63(45)67(51)53-25-41(59-37(7)15-33(3)16-38(59)8)27-57-61(53)65(49)47-29-48-56(30-55(47)69-57)70-58-28-42(60-39(9)17-34(4)18-40(60)10)26-54-62(58)66(48)50-24-36(6)22-46-44-20-32(2)12-14-52(44)68(54)64(46)50/h11-30H,1-10H3. The Labute approximate surface area is 409 Å². The number of rotatable bonds is 2. The Morgan fingerprint density at radius 1 is 0.329 bits per heavy atom. The van der Waals surface area contributed by atoms with Crippen LogP contribution in [-0.2, 0) is 0 Å². The van der Waals surface area contributed by atoms with E-state index in [1.165, 1.54) is 166 Å². The molecule has 0 radical (unpaired) electrons. The average Bonchev–Trinajstić information content (AvgIpc) is 3.79. The highest BCUT2D eigenvalue weighted by Crippen LogP contribution is 2.45. The summed E-state index contributed by atoms with van der Waals surface area (Å²) in [5.74, 6) is 3.52. The first-order chi connectivity index (χ1) is 33.8. The minimum absolute atomic E-state index is 0.0695. The lowest BCUT2D eigenvalue weighted by Gasteiger charge is -2.37. The number of ether oxygens (including phenoxy) is 2. The highest BCUT2D eigenvalue weighted by atomic mass is 16.5. The molecule has 4 nitrogen and oxygen atoms in total. The number of fused-ring (bicyclic) bond motifs is 14. The van der Waals surface area contributed by atoms with Crippen molar-refractivity contribution in [2.75, 3.05) is 0 Å². The number of hydrogen-bond acceptors (Lipinski definition) is 2. The highest BCUT2D eigenvalue weighted by Gasteiger charge is 2.46. The molecule has 15 rings (SSSR count). The van der Waals surface area contributed by atoms with Gasteiger partial charge >= 0.3 is 0 Å². The van der Waals surface area contributed by atoms with Crippen molar-refractivity contribution in [3.05, 3.63) is 177 Å². The third kappa shape index (κ3) is 5.18. The summed E-state index contributed by atoms with van der Waals surface area (Å²) in [6, 6.07) is 47.1. The number of aryl methyl sites for hydroxylation is 10. The van der Waals surface area contributed by atoms with Gasteiger partial charge in [0.2, 0.25) is 0 Å². The summed E-state index contributed by atoms with van der Waals surface area (Å²) >= 11 is 0. The predicted octanol–water partition coefficient (Wildman–Crippen LogP) is 12.2. The van der Waals surface area contributed by atoms with Gasteiger partial charge in [0, 0.05) is 50.0 Å². The van der Waals surface area contributed by atoms with E-state index in [-0.39, 0.29) is 13.4 Å². The summed E-state index contributed by atoms with van der Waals surface area (Å²) < 4.78 is 19.9. The molecule has 2 aromatic heterocycles. The zero-order chi connectivity index (χ0) is 47.5. The van der Waals surface area contributed by atoms with E-state index in [2.05, 4.69) is 200 Å². The quantitative estimate of drug-likeness (QED) is 0.162. The molecule has 11 aromatic rings. The van der Waals surface area contributed by atoms with Gasteiger partial charge in [-0.25, -0.2) is 0 Å². The lowest BCUT2D eigenvalue weighted by molar-refractivity contribution is 0.465. The van der Waals surface area contributed by atoms with Gasteiger partial charge in [-0.3, -0.25) is 0 Å². The molecule has 0 aliphatic carbocycles. The summed E-state index contributed by atoms with van der Waals surface area (Å²) in [4.78, 5) is 0. The average molecular weight is 901 g/mol. The van der Waals surface area contributed by atoms with Crippen molar-refractivity contribution in [3.8, 4) is 56.6 Å². The minimum Gasteiger partial charge on any atom is -0.458 e. The van der Waals surface area contributed by atoms with Crippen molar-refractivity contribution >= 4 is 89.8 Å². The van der Waals surface area contributed by atoms with Crippen molar-refractivity contribution in [1.29, 1.82) is 0 Å². The van der Waals surface area contributed by atoms with E-state index in [4.69, 9.17) is 9.47 Å². The SMILES string of the molecule is Cc1cc(C)c(-c2cc3c4c(c2)-n2c5ccc(C)cc5c5cc(C)cc(c52)B4c2cc4c(cc2O3)Oc2cc(-c3c(C)cc(C)cc3C)cc3c2B4c2cc(C)cc4c5cc(C)ccc5n-3c24)c(C)c1. The molecule has 0 saturated carbocycles. The molecule has 0 N–H and O–H groups in total. The van der Waals surface area contributed by atoms with Crippen molar-refractivity contribution in [2.45, 2.75) is 69.2 Å². The van der Waals surface area contributed by atoms with Gasteiger partial charge < -0.3 is 18.6 Å². The van der Waals surface area contributed by atoms with Crippen LogP contribution in [0.15, 0.2) is 121 Å². The molecule has 0 bridgehead atoms. The summed E-state index contributed by atoms with van der Waals surface area (Å²) in [6.45, 7) is 22.2. The maximum absolute atomic E-state index is 7.42. The van der Waals surface area contributed by atoms with Crippen molar-refractivity contribution in [2.24, 2.45) is 0 Å². The molecule has 0 amide bonds. The normalized spacial score (nSPS) is 13.5. The number of nitrogens with zero attached hydrogens (tertiary/aromatic N) is 2. The van der Waals surface area contributed by atoms with Crippen LogP contribution >= 0.6 is 0 Å². The summed E-state index contributed by atoms with van der Waals surface area (Å²) in [7, 11) is 0. The summed E-state index contributed by atoms with van der Waals surface area (Å²) in [6.07, 6.45) is 0. The van der Waals surface area contributed by atoms with Crippen molar-refractivity contribution in [1.82, 2.24) is 9.13 Å². The summed E-state index contributed by atoms with van der Waals surface area (Å²) in [5, 5.41) is 5.18. The third-order valence-corrected chi connectivity index (χ3v) is 16.4. The topological polar surface area (TPSA) is 28.3 Å². The fourth-order valence-corrected chi connectivity index (χ4v) is 14.1. The van der Waals surface area contributed by atoms with Gasteiger partial charge in [0.05, 0.1) is 11.0 Å². The van der Waals surface area contributed by atoms with Gasteiger partial charge in [-0.1, -0.05) is 88.0 Å². The Balaban J connectivity index is 1.04. The molecule has 4 aliphatic rings. The molecule has 0 fully saturated rings. The van der Waals surface area contributed by atoms with Gasteiger partial charge in [0.15, 0.2) is 0 Å². The molecule has 9 aromatic carbocycles. The maximum Gasteiger partial charge on any atom is 0.256 e. The second-order valence-corrected chi connectivity index (χ2v) is 21.6. The molecular weight excluding hydrogens is 850 g/mol. The van der Waals surface area contributed by atoms with E-state index in [1.54, 1.807) is 0 Å². The minimum atomic E-state index is -0.0695. The van der Waals surface area contributed by atoms with Crippen molar-refractivity contribution < 1.29 is 9.47 Å². The monoisotopic (exact) mass is 900 g/mol.